The number of hydrogen-bond acceptors (Lipinski definition) is 8. The van der Waals surface area contributed by atoms with Crippen molar-refractivity contribution < 1.29 is 37.0 Å². The van der Waals surface area contributed by atoms with E-state index in [1.54, 1.807) is 0 Å². The molecule has 3 aromatic rings. The van der Waals surface area contributed by atoms with E-state index in [4.69, 9.17) is 9.47 Å². The van der Waals surface area contributed by atoms with Crippen LogP contribution in [0.15, 0.2) is 42.5 Å². The molecule has 4 rings (SSSR count). The van der Waals surface area contributed by atoms with Crippen LogP contribution in [0.3, 0.4) is 0 Å². The number of benzene rings is 2. The summed E-state index contributed by atoms with van der Waals surface area (Å²) in [5.74, 6) is -4.23. The number of nitrogens with one attached hydrogen (secondary N) is 2. The number of methoxy groups -OCH3 is 2. The van der Waals surface area contributed by atoms with Gasteiger partial charge in [-0.1, -0.05) is 12.1 Å². The third kappa shape index (κ3) is 6.82. The van der Waals surface area contributed by atoms with Gasteiger partial charge in [0.1, 0.15) is 0 Å². The Bertz CT molecular complexity index is 1480. The van der Waals surface area contributed by atoms with Crippen molar-refractivity contribution in [3.05, 3.63) is 64.2 Å². The predicted molar refractivity (Wildman–Crippen MR) is 151 cm³/mol. The first-order chi connectivity index (χ1) is 19.9. The lowest BCUT2D eigenvalue weighted by atomic mass is 9.95. The zero-order chi connectivity index (χ0) is 30.6. The summed E-state index contributed by atoms with van der Waals surface area (Å²) in [6, 6.07) is 9.82. The van der Waals surface area contributed by atoms with Gasteiger partial charge in [-0.2, -0.15) is 13.2 Å². The van der Waals surface area contributed by atoms with Crippen LogP contribution >= 0.6 is 11.3 Å². The van der Waals surface area contributed by atoms with Crippen molar-refractivity contribution in [3.63, 3.8) is 0 Å². The van der Waals surface area contributed by atoms with E-state index in [0.29, 0.717) is 10.0 Å². The molecule has 3 amide bonds. The van der Waals surface area contributed by atoms with Gasteiger partial charge in [0.25, 0.3) is 5.91 Å². The quantitative estimate of drug-likeness (QED) is 0.381. The molecule has 1 aliphatic rings. The minimum Gasteiger partial charge on any atom is -0.493 e. The number of carbonyl (C=O) groups is 3. The highest BCUT2D eigenvalue weighted by Gasteiger charge is 2.44. The number of fused-ring (bicyclic) bond motifs is 1. The lowest BCUT2D eigenvalue weighted by Gasteiger charge is -2.28. The third-order valence-corrected chi connectivity index (χ3v) is 7.79. The maximum atomic E-state index is 13.7. The Balaban J connectivity index is 1.65. The summed E-state index contributed by atoms with van der Waals surface area (Å²) in [5.41, 5.74) is 1.19. The van der Waals surface area contributed by atoms with Crippen molar-refractivity contribution in [1.82, 2.24) is 15.2 Å². The van der Waals surface area contributed by atoms with E-state index in [1.165, 1.54) is 75.1 Å². The van der Waals surface area contributed by atoms with Crippen LogP contribution in [-0.4, -0.2) is 75.2 Å². The fourth-order valence-corrected chi connectivity index (χ4v) is 5.67. The molecule has 0 spiro atoms. The first kappa shape index (κ1) is 30.8. The lowest BCUT2D eigenvalue weighted by molar-refractivity contribution is -0.170. The molecule has 0 unspecified atom stereocenters. The molecule has 2 N–H and O–H groups in total. The average Bonchev–Trinajstić information content (AvgIpc) is 3.37. The largest absolute Gasteiger partial charge is 0.493 e. The van der Waals surface area contributed by atoms with E-state index in [9.17, 15) is 27.6 Å². The molecule has 224 valence electrons. The molecule has 1 atom stereocenters. The molecule has 0 fully saturated rings. The molecule has 2 aromatic carbocycles. The number of likely N-dealkylation sites (N-methyl/N-ethyl adjacent to an activating group) is 2. The first-order valence-electron chi connectivity index (χ1n) is 12.9. The number of amides is 3. The average molecular weight is 606 g/mol. The van der Waals surface area contributed by atoms with Crippen LogP contribution in [0.4, 0.5) is 24.0 Å². The van der Waals surface area contributed by atoms with Gasteiger partial charge in [0.15, 0.2) is 16.6 Å². The molecule has 10 nitrogen and oxygen atoms in total. The van der Waals surface area contributed by atoms with Crippen LogP contribution in [0.1, 0.15) is 32.4 Å². The van der Waals surface area contributed by atoms with Crippen molar-refractivity contribution >= 4 is 39.9 Å². The molecule has 2 heterocycles. The second kappa shape index (κ2) is 12.8. The van der Waals surface area contributed by atoms with E-state index in [0.717, 1.165) is 30.1 Å². The van der Waals surface area contributed by atoms with Gasteiger partial charge in [-0.15, -0.1) is 11.3 Å². The number of alkyl halides is 3. The summed E-state index contributed by atoms with van der Waals surface area (Å²) < 4.78 is 51.5. The zero-order valence-corrected chi connectivity index (χ0v) is 24.2. The van der Waals surface area contributed by atoms with Gasteiger partial charge in [0.05, 0.1) is 25.8 Å². The van der Waals surface area contributed by atoms with Crippen LogP contribution in [0, 0.1) is 0 Å². The Morgan fingerprint density at radius 1 is 1.12 bits per heavy atom. The highest BCUT2D eigenvalue weighted by atomic mass is 32.1. The Kier molecular flexibility index (Phi) is 9.36. The fourth-order valence-electron chi connectivity index (χ4n) is 4.59. The van der Waals surface area contributed by atoms with Gasteiger partial charge in [-0.25, -0.2) is 4.98 Å². The monoisotopic (exact) mass is 605 g/mol. The van der Waals surface area contributed by atoms with Crippen LogP contribution < -0.4 is 25.0 Å². The standard InChI is InChI=1S/C28H30F3N5O5S/c1-32-25(38)19(14-36(26(39)28(29,30)31)18-8-9-21(40-3)22(13-18)41-4)16-6-5-7-17(12-16)24(37)34-27-33-20-10-11-35(2)15-23(20)42-27/h5-9,12-13,19H,10-11,14-15H2,1-4H3,(H,32,38)(H,33,34,37)/t19-/m1/s1. The molecular weight excluding hydrogens is 575 g/mol. The number of hydrogen-bond donors (Lipinski definition) is 2. The molecule has 1 aromatic heterocycles. The fraction of sp³-hybridized carbons (Fsp3) is 0.357. The van der Waals surface area contributed by atoms with E-state index >= 15 is 0 Å². The number of carbonyl (C=O) groups excluding carboxylic acids is 3. The second-order valence-corrected chi connectivity index (χ2v) is 10.7. The highest BCUT2D eigenvalue weighted by molar-refractivity contribution is 7.15. The molecule has 0 saturated heterocycles. The first-order valence-corrected chi connectivity index (χ1v) is 13.7. The maximum absolute atomic E-state index is 13.7. The Hall–Kier alpha value is -4.17. The number of halogens is 3. The smallest absolute Gasteiger partial charge is 0.471 e. The minimum absolute atomic E-state index is 0.0978. The van der Waals surface area contributed by atoms with E-state index in [-0.39, 0.29) is 28.3 Å². The van der Waals surface area contributed by atoms with Crippen molar-refractivity contribution in [2.75, 3.05) is 51.6 Å². The molecule has 0 radical (unpaired) electrons. The molecular formula is C28H30F3N5O5S. The van der Waals surface area contributed by atoms with E-state index < -0.39 is 36.4 Å². The van der Waals surface area contributed by atoms with Gasteiger partial charge in [0.2, 0.25) is 5.91 Å². The van der Waals surface area contributed by atoms with Gasteiger partial charge in [-0.05, 0) is 36.9 Å². The number of nitrogens with zero attached hydrogens (tertiary/aromatic N) is 3. The van der Waals surface area contributed by atoms with Crippen LogP contribution in [0.5, 0.6) is 11.5 Å². The number of aromatic nitrogens is 1. The normalized spacial score (nSPS) is 14.0. The summed E-state index contributed by atoms with van der Waals surface area (Å²) in [4.78, 5) is 46.9. The Morgan fingerprint density at radius 3 is 2.52 bits per heavy atom. The van der Waals surface area contributed by atoms with Gasteiger partial charge >= 0.3 is 12.1 Å². The van der Waals surface area contributed by atoms with Gasteiger partial charge in [0, 0.05) is 55.3 Å². The van der Waals surface area contributed by atoms with Crippen molar-refractivity contribution in [2.24, 2.45) is 0 Å². The molecule has 14 heteroatoms. The minimum atomic E-state index is -5.23. The van der Waals surface area contributed by atoms with Gasteiger partial charge < -0.3 is 24.6 Å². The van der Waals surface area contributed by atoms with E-state index in [2.05, 4.69) is 20.5 Å². The molecule has 0 bridgehead atoms. The molecule has 0 aliphatic carbocycles. The summed E-state index contributed by atoms with van der Waals surface area (Å²) >= 11 is 1.38. The molecule has 0 saturated carbocycles. The highest BCUT2D eigenvalue weighted by Crippen LogP contribution is 2.35. The number of thiazole rings is 1. The SMILES string of the molecule is CNC(=O)[C@H](CN(C(=O)C(F)(F)F)c1ccc(OC)c(OC)c1)c1cccc(C(=O)Nc2nc3c(s2)CN(C)CC3)c1. The number of rotatable bonds is 9. The number of anilines is 2. The summed E-state index contributed by atoms with van der Waals surface area (Å²) in [5, 5.41) is 5.66. The van der Waals surface area contributed by atoms with E-state index in [1.807, 2.05) is 7.05 Å². The predicted octanol–water partition coefficient (Wildman–Crippen LogP) is 3.83. The summed E-state index contributed by atoms with van der Waals surface area (Å²) in [7, 11) is 6.01. The Morgan fingerprint density at radius 2 is 1.86 bits per heavy atom. The summed E-state index contributed by atoms with van der Waals surface area (Å²) in [6.45, 7) is 0.925. The van der Waals surface area contributed by atoms with Crippen molar-refractivity contribution in [3.8, 4) is 11.5 Å². The van der Waals surface area contributed by atoms with Crippen LogP contribution in [0.25, 0.3) is 0 Å². The number of ether oxygens (including phenoxy) is 2. The second-order valence-electron chi connectivity index (χ2n) is 9.58. The third-order valence-electron chi connectivity index (χ3n) is 6.79. The van der Waals surface area contributed by atoms with Gasteiger partial charge in [-0.3, -0.25) is 19.7 Å². The topological polar surface area (TPSA) is 113 Å². The zero-order valence-electron chi connectivity index (χ0n) is 23.4. The molecule has 1 aliphatic heterocycles. The maximum Gasteiger partial charge on any atom is 0.471 e. The van der Waals surface area contributed by atoms with Crippen molar-refractivity contribution in [2.45, 2.75) is 25.1 Å². The van der Waals surface area contributed by atoms with Crippen molar-refractivity contribution in [1.29, 1.82) is 0 Å². The van der Waals surface area contributed by atoms with Crippen LogP contribution in [0.2, 0.25) is 0 Å². The lowest BCUT2D eigenvalue weighted by Crippen LogP contribution is -2.45. The summed E-state index contributed by atoms with van der Waals surface area (Å²) in [6.07, 6.45) is -4.46. The Labute approximate surface area is 244 Å². The van der Waals surface area contributed by atoms with Crippen LogP contribution in [-0.2, 0) is 22.6 Å². The molecule has 42 heavy (non-hydrogen) atoms.